The van der Waals surface area contributed by atoms with Gasteiger partial charge in [0, 0.05) is 19.9 Å². The highest BCUT2D eigenvalue weighted by Gasteiger charge is 2.39. The highest BCUT2D eigenvalue weighted by Crippen LogP contribution is 2.21. The fourth-order valence-electron chi connectivity index (χ4n) is 4.17. The van der Waals surface area contributed by atoms with E-state index in [2.05, 4.69) is 16.0 Å². The molecule has 2 rings (SSSR count). The molecule has 202 valence electrons. The Labute approximate surface area is 214 Å². The maximum atomic E-state index is 13.5. The van der Waals surface area contributed by atoms with E-state index in [0.717, 1.165) is 0 Å². The molecule has 0 aliphatic carbocycles. The first-order valence-electron chi connectivity index (χ1n) is 12.1. The number of nitrogens with zero attached hydrogens (tertiary/aromatic N) is 1. The molecule has 4 atom stereocenters. The van der Waals surface area contributed by atoms with Crippen molar-refractivity contribution in [1.29, 1.82) is 0 Å². The summed E-state index contributed by atoms with van der Waals surface area (Å²) in [6, 6.07) is 2.04. The Morgan fingerprint density at radius 3 is 2.27 bits per heavy atom. The molecule has 4 amide bonds. The average molecular weight is 519 g/mol. The molecule has 5 N–H and O–H groups in total. The molecule has 1 heterocycles. The zero-order chi connectivity index (χ0) is 27.7. The molecule has 1 aromatic rings. The van der Waals surface area contributed by atoms with Crippen LogP contribution in [0.25, 0.3) is 0 Å². The fraction of sp³-hybridized carbons (Fsp3) is 0.520. The lowest BCUT2D eigenvalue weighted by atomic mass is 10.00. The second kappa shape index (κ2) is 13.4. The third-order valence-electron chi connectivity index (χ3n) is 6.03. The van der Waals surface area contributed by atoms with Crippen molar-refractivity contribution in [3.05, 3.63) is 29.8 Å². The molecular formula is C25H34N4O8. The quantitative estimate of drug-likeness (QED) is 0.234. The van der Waals surface area contributed by atoms with Gasteiger partial charge in [-0.25, -0.2) is 0 Å². The van der Waals surface area contributed by atoms with Crippen molar-refractivity contribution < 1.29 is 39.0 Å². The number of benzene rings is 1. The summed E-state index contributed by atoms with van der Waals surface area (Å²) in [5.41, 5.74) is 0.682. The summed E-state index contributed by atoms with van der Waals surface area (Å²) in [7, 11) is 0. The Kier molecular flexibility index (Phi) is 10.6. The number of hydrogen-bond donors (Lipinski definition) is 5. The molecule has 1 saturated heterocycles. The minimum Gasteiger partial charge on any atom is -0.508 e. The highest BCUT2D eigenvalue weighted by atomic mass is 16.4. The average Bonchev–Trinajstić information content (AvgIpc) is 3.32. The lowest BCUT2D eigenvalue weighted by molar-refractivity contribution is -0.143. The standard InChI is InChI=1S/C25H34N4O8/c1-14(2)22(28-23(35)19(26-15(3)31)11-16-6-8-18(32)9-7-16)25(37)29-10-4-5-20(29)24(36)27-17(13-30)12-21(33)34/h6-9,13-14,17,19-20,22,32H,4-5,10-12H2,1-3H3,(H,26,31)(H,27,36)(H,28,35)(H,33,34)/t17-,19-,20-,22-/m0/s1. The van der Waals surface area contributed by atoms with Crippen LogP contribution in [0.3, 0.4) is 0 Å². The summed E-state index contributed by atoms with van der Waals surface area (Å²) in [6.07, 6.45) is 0.718. The van der Waals surface area contributed by atoms with Gasteiger partial charge in [-0.05, 0) is 36.5 Å². The predicted molar refractivity (Wildman–Crippen MR) is 131 cm³/mol. The number of aliphatic carboxylic acids is 1. The summed E-state index contributed by atoms with van der Waals surface area (Å²) in [6.45, 7) is 4.99. The number of aldehydes is 1. The van der Waals surface area contributed by atoms with Crippen molar-refractivity contribution in [3.63, 3.8) is 0 Å². The van der Waals surface area contributed by atoms with E-state index >= 15 is 0 Å². The van der Waals surface area contributed by atoms with Gasteiger partial charge in [-0.15, -0.1) is 0 Å². The number of hydrogen-bond acceptors (Lipinski definition) is 7. The van der Waals surface area contributed by atoms with Crippen molar-refractivity contribution in [2.45, 2.75) is 70.6 Å². The van der Waals surface area contributed by atoms with Crippen LogP contribution in [-0.4, -0.2) is 81.7 Å². The van der Waals surface area contributed by atoms with Gasteiger partial charge >= 0.3 is 5.97 Å². The minimum atomic E-state index is -1.25. The Balaban J connectivity index is 2.16. The molecule has 1 aliphatic rings. The van der Waals surface area contributed by atoms with Crippen molar-refractivity contribution in [2.24, 2.45) is 5.92 Å². The lowest BCUT2D eigenvalue weighted by Gasteiger charge is -2.31. The van der Waals surface area contributed by atoms with Crippen LogP contribution in [0.4, 0.5) is 0 Å². The van der Waals surface area contributed by atoms with Gasteiger partial charge in [0.15, 0.2) is 0 Å². The largest absolute Gasteiger partial charge is 0.508 e. The topological polar surface area (TPSA) is 182 Å². The van der Waals surface area contributed by atoms with E-state index in [1.807, 2.05) is 0 Å². The molecular weight excluding hydrogens is 484 g/mol. The van der Waals surface area contributed by atoms with Crippen LogP contribution >= 0.6 is 0 Å². The molecule has 1 aliphatic heterocycles. The number of phenolic OH excluding ortho intramolecular Hbond substituents is 1. The molecule has 12 nitrogen and oxygen atoms in total. The summed E-state index contributed by atoms with van der Waals surface area (Å²) in [5, 5.41) is 26.1. The SMILES string of the molecule is CC(=O)N[C@@H](Cc1ccc(O)cc1)C(=O)N[C@H](C(=O)N1CCC[C@H]1C(=O)N[C@H](C=O)CC(=O)O)C(C)C. The molecule has 12 heteroatoms. The first-order chi connectivity index (χ1) is 17.4. The van der Waals surface area contributed by atoms with Crippen LogP contribution < -0.4 is 16.0 Å². The molecule has 0 spiro atoms. The number of carboxylic acids is 1. The number of likely N-dealkylation sites (tertiary alicyclic amines) is 1. The molecule has 0 saturated carbocycles. The summed E-state index contributed by atoms with van der Waals surface area (Å²) in [5.74, 6) is -3.70. The summed E-state index contributed by atoms with van der Waals surface area (Å²) < 4.78 is 0. The number of carbonyl (C=O) groups is 6. The van der Waals surface area contributed by atoms with Crippen molar-refractivity contribution in [2.75, 3.05) is 6.54 Å². The number of carboxylic acid groups (broad SMARTS) is 1. The van der Waals surface area contributed by atoms with Crippen LogP contribution in [0.5, 0.6) is 5.75 Å². The first kappa shape index (κ1) is 29.3. The molecule has 37 heavy (non-hydrogen) atoms. The molecule has 0 unspecified atom stereocenters. The van der Waals surface area contributed by atoms with E-state index in [-0.39, 0.29) is 24.6 Å². The number of carbonyl (C=O) groups excluding carboxylic acids is 5. The molecule has 0 aromatic heterocycles. The van der Waals surface area contributed by atoms with Crippen LogP contribution in [0.1, 0.15) is 45.6 Å². The Hall–Kier alpha value is -3.96. The molecule has 0 bridgehead atoms. The third kappa shape index (κ3) is 8.58. The Bertz CT molecular complexity index is 1010. The van der Waals surface area contributed by atoms with E-state index in [9.17, 15) is 33.9 Å². The maximum Gasteiger partial charge on any atom is 0.305 e. The Morgan fingerprint density at radius 2 is 1.73 bits per heavy atom. The Morgan fingerprint density at radius 1 is 1.08 bits per heavy atom. The van der Waals surface area contributed by atoms with E-state index in [0.29, 0.717) is 24.7 Å². The van der Waals surface area contributed by atoms with Gasteiger partial charge in [0.1, 0.15) is 30.2 Å². The monoisotopic (exact) mass is 518 g/mol. The number of rotatable bonds is 12. The minimum absolute atomic E-state index is 0.0568. The van der Waals surface area contributed by atoms with Crippen LogP contribution in [0.2, 0.25) is 0 Å². The van der Waals surface area contributed by atoms with Crippen LogP contribution in [-0.2, 0) is 35.2 Å². The second-order valence-corrected chi connectivity index (χ2v) is 9.39. The maximum absolute atomic E-state index is 13.5. The second-order valence-electron chi connectivity index (χ2n) is 9.39. The van der Waals surface area contributed by atoms with E-state index in [4.69, 9.17) is 5.11 Å². The summed E-state index contributed by atoms with van der Waals surface area (Å²) >= 11 is 0. The van der Waals surface area contributed by atoms with Crippen molar-refractivity contribution >= 4 is 35.9 Å². The first-order valence-corrected chi connectivity index (χ1v) is 12.1. The lowest BCUT2D eigenvalue weighted by Crippen LogP contribution is -2.58. The smallest absolute Gasteiger partial charge is 0.305 e. The highest BCUT2D eigenvalue weighted by molar-refractivity contribution is 5.95. The van der Waals surface area contributed by atoms with E-state index in [1.165, 1.54) is 24.0 Å². The zero-order valence-corrected chi connectivity index (χ0v) is 21.1. The zero-order valence-electron chi connectivity index (χ0n) is 21.1. The summed E-state index contributed by atoms with van der Waals surface area (Å²) in [4.78, 5) is 74.6. The van der Waals surface area contributed by atoms with Gasteiger partial charge < -0.3 is 35.9 Å². The fourth-order valence-corrected chi connectivity index (χ4v) is 4.17. The van der Waals surface area contributed by atoms with Gasteiger partial charge in [-0.2, -0.15) is 0 Å². The third-order valence-corrected chi connectivity index (χ3v) is 6.03. The number of aromatic hydroxyl groups is 1. The number of nitrogens with one attached hydrogen (secondary N) is 3. The molecule has 1 fully saturated rings. The van der Waals surface area contributed by atoms with E-state index in [1.54, 1.807) is 26.0 Å². The normalized spacial score (nSPS) is 17.4. The molecule has 0 radical (unpaired) electrons. The van der Waals surface area contributed by atoms with Gasteiger partial charge in [-0.3, -0.25) is 24.0 Å². The number of amides is 4. The predicted octanol–water partition coefficient (Wildman–Crippen LogP) is -0.270. The van der Waals surface area contributed by atoms with Crippen molar-refractivity contribution in [3.8, 4) is 5.75 Å². The van der Waals surface area contributed by atoms with Crippen molar-refractivity contribution in [1.82, 2.24) is 20.9 Å². The number of phenols is 1. The van der Waals surface area contributed by atoms with Gasteiger partial charge in [-0.1, -0.05) is 26.0 Å². The van der Waals surface area contributed by atoms with E-state index < -0.39 is 60.2 Å². The van der Waals surface area contributed by atoms with Gasteiger partial charge in [0.25, 0.3) is 0 Å². The molecule has 1 aromatic carbocycles. The van der Waals surface area contributed by atoms with Gasteiger partial charge in [0.2, 0.25) is 23.6 Å². The van der Waals surface area contributed by atoms with Crippen LogP contribution in [0, 0.1) is 5.92 Å². The van der Waals surface area contributed by atoms with Crippen LogP contribution in [0.15, 0.2) is 24.3 Å². The van der Waals surface area contributed by atoms with Gasteiger partial charge in [0.05, 0.1) is 12.5 Å².